The molecule has 12 aromatic rings. The molecule has 60 heavy (non-hydrogen) atoms. The van der Waals surface area contributed by atoms with Crippen molar-refractivity contribution in [3.63, 3.8) is 0 Å². The predicted molar refractivity (Wildman–Crippen MR) is 245 cm³/mol. The molecule has 4 heterocycles. The maximum Gasteiger partial charge on any atom is 0.164 e. The average Bonchev–Trinajstić information content (AvgIpc) is 3.90. The van der Waals surface area contributed by atoms with Gasteiger partial charge < -0.3 is 4.57 Å². The standard InChI is InChI=1S/C54H34N6/c1-6-18-35(19-7-1)48-50-44-34-39(53-57-51(36-20-8-2-9-21-36)56-52(58-53)37-22-10-3-11-23-37)30-31-41(44)42-32-33-46-47(49(42)60(50)54(55-48)38-24-12-4-13-25-38)43-28-16-17-29-45(43)59(46)40-26-14-5-15-27-40/h1-34H. The van der Waals surface area contributed by atoms with Gasteiger partial charge in [-0.05, 0) is 35.7 Å². The van der Waals surface area contributed by atoms with E-state index in [1.165, 1.54) is 10.8 Å². The maximum atomic E-state index is 5.61. The summed E-state index contributed by atoms with van der Waals surface area (Å²) in [7, 11) is 0. The highest BCUT2D eigenvalue weighted by molar-refractivity contribution is 6.27. The first-order valence-electron chi connectivity index (χ1n) is 20.2. The van der Waals surface area contributed by atoms with Crippen LogP contribution in [-0.4, -0.2) is 28.9 Å². The molecule has 12 rings (SSSR count). The highest BCUT2D eigenvalue weighted by Crippen LogP contribution is 2.45. The van der Waals surface area contributed by atoms with Gasteiger partial charge in [-0.3, -0.25) is 4.40 Å². The molecule has 0 N–H and O–H groups in total. The molecule has 0 atom stereocenters. The molecular formula is C54H34N6. The molecule has 8 aromatic carbocycles. The third-order valence-corrected chi connectivity index (χ3v) is 11.5. The number of imidazole rings is 1. The van der Waals surface area contributed by atoms with Crippen LogP contribution < -0.4 is 0 Å². The molecule has 6 heteroatoms. The van der Waals surface area contributed by atoms with Crippen LogP contribution in [0.4, 0.5) is 0 Å². The second-order valence-corrected chi connectivity index (χ2v) is 15.0. The molecule has 0 saturated heterocycles. The van der Waals surface area contributed by atoms with Crippen LogP contribution in [0.1, 0.15) is 0 Å². The van der Waals surface area contributed by atoms with Crippen molar-refractivity contribution >= 4 is 49.0 Å². The first-order chi connectivity index (χ1) is 29.8. The Labute approximate surface area is 345 Å². The van der Waals surface area contributed by atoms with Crippen molar-refractivity contribution in [2.45, 2.75) is 0 Å². The molecule has 6 nitrogen and oxygen atoms in total. The van der Waals surface area contributed by atoms with Gasteiger partial charge in [0.2, 0.25) is 0 Å². The predicted octanol–water partition coefficient (Wildman–Crippen LogP) is 13.3. The Morgan fingerprint density at radius 1 is 0.317 bits per heavy atom. The lowest BCUT2D eigenvalue weighted by molar-refractivity contribution is 1.07. The van der Waals surface area contributed by atoms with Crippen molar-refractivity contribution in [2.75, 3.05) is 0 Å². The van der Waals surface area contributed by atoms with E-state index in [9.17, 15) is 0 Å². The van der Waals surface area contributed by atoms with Crippen molar-refractivity contribution in [3.05, 3.63) is 206 Å². The fourth-order valence-electron chi connectivity index (χ4n) is 8.86. The van der Waals surface area contributed by atoms with Crippen LogP contribution in [-0.2, 0) is 0 Å². The van der Waals surface area contributed by atoms with Crippen molar-refractivity contribution in [1.82, 2.24) is 28.9 Å². The topological polar surface area (TPSA) is 60.9 Å². The van der Waals surface area contributed by atoms with Crippen LogP contribution in [0.25, 0.3) is 111 Å². The zero-order valence-electron chi connectivity index (χ0n) is 32.3. The van der Waals surface area contributed by atoms with Crippen molar-refractivity contribution in [3.8, 4) is 62.5 Å². The minimum atomic E-state index is 0.605. The lowest BCUT2D eigenvalue weighted by atomic mass is 9.98. The fraction of sp³-hybridized carbons (Fsp3) is 0. The van der Waals surface area contributed by atoms with Crippen molar-refractivity contribution in [1.29, 1.82) is 0 Å². The average molecular weight is 767 g/mol. The summed E-state index contributed by atoms with van der Waals surface area (Å²) in [5.41, 5.74) is 11.3. The van der Waals surface area contributed by atoms with Gasteiger partial charge in [-0.1, -0.05) is 176 Å². The Morgan fingerprint density at radius 2 is 0.833 bits per heavy atom. The zero-order valence-corrected chi connectivity index (χ0v) is 32.3. The molecule has 0 spiro atoms. The van der Waals surface area contributed by atoms with Gasteiger partial charge in [0.25, 0.3) is 0 Å². The monoisotopic (exact) mass is 766 g/mol. The molecule has 0 aliphatic rings. The summed E-state index contributed by atoms with van der Waals surface area (Å²) in [4.78, 5) is 20.9. The summed E-state index contributed by atoms with van der Waals surface area (Å²) in [6.45, 7) is 0. The largest absolute Gasteiger partial charge is 0.309 e. The van der Waals surface area contributed by atoms with Gasteiger partial charge in [-0.25, -0.2) is 19.9 Å². The molecule has 0 aliphatic carbocycles. The van der Waals surface area contributed by atoms with E-state index in [2.05, 4.69) is 155 Å². The number of nitrogens with zero attached hydrogens (tertiary/aromatic N) is 6. The third kappa shape index (κ3) is 5.35. The Balaban J connectivity index is 1.25. The first-order valence-corrected chi connectivity index (χ1v) is 20.2. The van der Waals surface area contributed by atoms with E-state index in [-0.39, 0.29) is 0 Å². The van der Waals surface area contributed by atoms with E-state index >= 15 is 0 Å². The third-order valence-electron chi connectivity index (χ3n) is 11.5. The van der Waals surface area contributed by atoms with Crippen molar-refractivity contribution in [2.24, 2.45) is 0 Å². The molecule has 0 radical (unpaired) electrons. The van der Waals surface area contributed by atoms with Gasteiger partial charge in [0, 0.05) is 55.0 Å². The smallest absolute Gasteiger partial charge is 0.164 e. The van der Waals surface area contributed by atoms with Crippen LogP contribution in [0.15, 0.2) is 206 Å². The highest BCUT2D eigenvalue weighted by atomic mass is 15.1. The molecule has 0 saturated carbocycles. The molecule has 0 aliphatic heterocycles. The summed E-state index contributed by atoms with van der Waals surface area (Å²) in [6.07, 6.45) is 0. The minimum Gasteiger partial charge on any atom is -0.309 e. The van der Waals surface area contributed by atoms with E-state index in [0.717, 1.165) is 83.2 Å². The Morgan fingerprint density at radius 3 is 1.47 bits per heavy atom. The normalized spacial score (nSPS) is 11.7. The molecule has 0 bridgehead atoms. The number of hydrogen-bond donors (Lipinski definition) is 0. The van der Waals surface area contributed by atoms with Gasteiger partial charge in [-0.2, -0.15) is 0 Å². The lowest BCUT2D eigenvalue weighted by Crippen LogP contribution is -2.00. The molecule has 0 fully saturated rings. The van der Waals surface area contributed by atoms with Gasteiger partial charge in [-0.15, -0.1) is 0 Å². The Hall–Kier alpha value is -8.22. The second kappa shape index (κ2) is 13.7. The van der Waals surface area contributed by atoms with E-state index in [1.807, 2.05) is 60.7 Å². The van der Waals surface area contributed by atoms with Gasteiger partial charge in [0.15, 0.2) is 17.5 Å². The van der Waals surface area contributed by atoms with E-state index < -0.39 is 0 Å². The number of pyridine rings is 1. The van der Waals surface area contributed by atoms with Crippen LogP contribution in [0.2, 0.25) is 0 Å². The highest BCUT2D eigenvalue weighted by Gasteiger charge is 2.25. The molecule has 0 amide bonds. The summed E-state index contributed by atoms with van der Waals surface area (Å²) >= 11 is 0. The number of benzene rings is 8. The minimum absolute atomic E-state index is 0.605. The molecule has 280 valence electrons. The van der Waals surface area contributed by atoms with Gasteiger partial charge in [0.1, 0.15) is 5.82 Å². The van der Waals surface area contributed by atoms with Crippen LogP contribution in [0.3, 0.4) is 0 Å². The van der Waals surface area contributed by atoms with Crippen LogP contribution in [0, 0.1) is 0 Å². The Kier molecular flexibility index (Phi) is 7.74. The summed E-state index contributed by atoms with van der Waals surface area (Å²) in [5.74, 6) is 2.74. The van der Waals surface area contributed by atoms with E-state index in [0.29, 0.717) is 17.5 Å². The van der Waals surface area contributed by atoms with E-state index in [4.69, 9.17) is 19.9 Å². The first kappa shape index (κ1) is 33.9. The zero-order chi connectivity index (χ0) is 39.6. The number of hydrogen-bond acceptors (Lipinski definition) is 4. The number of rotatable bonds is 6. The number of aromatic nitrogens is 6. The molecular weight excluding hydrogens is 733 g/mol. The van der Waals surface area contributed by atoms with Crippen LogP contribution in [0.5, 0.6) is 0 Å². The maximum absolute atomic E-state index is 5.61. The number of para-hydroxylation sites is 2. The van der Waals surface area contributed by atoms with Crippen LogP contribution >= 0.6 is 0 Å². The number of fused-ring (bicyclic) bond motifs is 10. The fourth-order valence-corrected chi connectivity index (χ4v) is 8.86. The Bertz CT molecular complexity index is 3500. The molecule has 0 unspecified atom stereocenters. The quantitative estimate of drug-likeness (QED) is 0.158. The molecule has 4 aromatic heterocycles. The SMILES string of the molecule is c1ccc(-c2nc(-c3ccccc3)nc(-c3ccc4c(c3)c3c(-c5ccccc5)nc(-c5ccccc5)n3c3c4ccc4c3c3ccccc3n4-c3ccccc3)n2)cc1. The summed E-state index contributed by atoms with van der Waals surface area (Å²) in [6, 6.07) is 72.0. The van der Waals surface area contributed by atoms with Gasteiger partial charge in [0.05, 0.1) is 27.8 Å². The van der Waals surface area contributed by atoms with E-state index in [1.54, 1.807) is 0 Å². The summed E-state index contributed by atoms with van der Waals surface area (Å²) < 4.78 is 4.80. The summed E-state index contributed by atoms with van der Waals surface area (Å²) in [5, 5.41) is 5.67. The lowest BCUT2D eigenvalue weighted by Gasteiger charge is -2.15. The van der Waals surface area contributed by atoms with Crippen molar-refractivity contribution < 1.29 is 0 Å². The van der Waals surface area contributed by atoms with Gasteiger partial charge >= 0.3 is 0 Å². The second-order valence-electron chi connectivity index (χ2n) is 15.0.